The van der Waals surface area contributed by atoms with Crippen molar-refractivity contribution in [3.8, 4) is 11.4 Å². The van der Waals surface area contributed by atoms with Crippen LogP contribution in [0.15, 0.2) is 35.3 Å². The van der Waals surface area contributed by atoms with Gasteiger partial charge in [0.1, 0.15) is 17.2 Å². The number of nitrogens with one attached hydrogen (secondary N) is 3. The van der Waals surface area contributed by atoms with Crippen molar-refractivity contribution in [1.82, 2.24) is 30.0 Å². The Kier molecular flexibility index (Phi) is 4.28. The number of amides is 1. The summed E-state index contributed by atoms with van der Waals surface area (Å²) < 4.78 is 1.93. The summed E-state index contributed by atoms with van der Waals surface area (Å²) >= 11 is 0. The molecule has 3 aromatic rings. The lowest BCUT2D eigenvalue weighted by atomic mass is 10.2. The number of hydrogen-bond acceptors (Lipinski definition) is 4. The van der Waals surface area contributed by atoms with Gasteiger partial charge < -0.3 is 14.9 Å². The Labute approximate surface area is 137 Å². The van der Waals surface area contributed by atoms with Gasteiger partial charge in [0.05, 0.1) is 5.69 Å². The first-order valence-corrected chi connectivity index (χ1v) is 7.55. The Bertz CT molecular complexity index is 921. The van der Waals surface area contributed by atoms with E-state index in [4.69, 9.17) is 0 Å². The van der Waals surface area contributed by atoms with E-state index in [-0.39, 0.29) is 11.5 Å². The molecule has 0 radical (unpaired) electrons. The van der Waals surface area contributed by atoms with Crippen LogP contribution in [0.5, 0.6) is 0 Å². The molecule has 8 heteroatoms. The zero-order valence-corrected chi connectivity index (χ0v) is 13.5. The predicted molar refractivity (Wildman–Crippen MR) is 88.6 cm³/mol. The topological polar surface area (TPSA) is 108 Å². The molecule has 0 fully saturated rings. The number of carbonyl (C=O) groups excluding carboxylic acids is 1. The lowest BCUT2D eigenvalue weighted by molar-refractivity contribution is 0.0949. The second-order valence-electron chi connectivity index (χ2n) is 5.50. The lowest BCUT2D eigenvalue weighted by Crippen LogP contribution is -2.26. The Morgan fingerprint density at radius 2 is 2.21 bits per heavy atom. The molecule has 0 saturated heterocycles. The summed E-state index contributed by atoms with van der Waals surface area (Å²) in [5.41, 5.74) is 2.48. The van der Waals surface area contributed by atoms with E-state index in [2.05, 4.69) is 25.5 Å². The van der Waals surface area contributed by atoms with E-state index in [0.717, 1.165) is 5.69 Å². The van der Waals surface area contributed by atoms with Crippen molar-refractivity contribution in [2.24, 2.45) is 7.05 Å². The zero-order chi connectivity index (χ0) is 17.1. The molecule has 3 aromatic heterocycles. The van der Waals surface area contributed by atoms with Crippen LogP contribution in [0.3, 0.4) is 0 Å². The molecule has 3 heterocycles. The number of rotatable bonds is 5. The predicted octanol–water partition coefficient (Wildman–Crippen LogP) is 0.779. The van der Waals surface area contributed by atoms with Gasteiger partial charge in [-0.15, -0.1) is 0 Å². The summed E-state index contributed by atoms with van der Waals surface area (Å²) in [4.78, 5) is 30.3. The third kappa shape index (κ3) is 3.43. The van der Waals surface area contributed by atoms with Crippen molar-refractivity contribution in [3.05, 3.63) is 58.0 Å². The van der Waals surface area contributed by atoms with Gasteiger partial charge in [-0.2, -0.15) is 5.10 Å². The summed E-state index contributed by atoms with van der Waals surface area (Å²) in [6.07, 6.45) is 2.40. The average Bonchev–Trinajstić information content (AvgIpc) is 3.14. The van der Waals surface area contributed by atoms with Crippen molar-refractivity contribution in [1.29, 1.82) is 0 Å². The summed E-state index contributed by atoms with van der Waals surface area (Å²) in [6, 6.07) is 6.99. The molecule has 0 aromatic carbocycles. The highest BCUT2D eigenvalue weighted by Crippen LogP contribution is 2.17. The third-order valence-electron chi connectivity index (χ3n) is 3.61. The molecule has 3 N–H and O–H groups in total. The van der Waals surface area contributed by atoms with Gasteiger partial charge >= 0.3 is 0 Å². The SMILES string of the molecule is Cc1nc(CCNC(=O)c2cc(-c3cccn3C)n[nH]2)cc(=O)[nH]1. The molecular formula is C16H18N6O2. The van der Waals surface area contributed by atoms with Crippen molar-refractivity contribution >= 4 is 5.91 Å². The van der Waals surface area contributed by atoms with E-state index < -0.39 is 0 Å². The quantitative estimate of drug-likeness (QED) is 0.644. The summed E-state index contributed by atoms with van der Waals surface area (Å²) in [5, 5.41) is 9.70. The van der Waals surface area contributed by atoms with Crippen molar-refractivity contribution < 1.29 is 4.79 Å². The fraction of sp³-hybridized carbons (Fsp3) is 0.250. The Hall–Kier alpha value is -3.16. The van der Waals surface area contributed by atoms with Crippen LogP contribution in [0, 0.1) is 6.92 Å². The number of H-pyrrole nitrogens is 2. The average molecular weight is 326 g/mol. The molecule has 3 rings (SSSR count). The normalized spacial score (nSPS) is 10.8. The molecule has 0 aliphatic heterocycles. The van der Waals surface area contributed by atoms with E-state index in [1.54, 1.807) is 13.0 Å². The number of nitrogens with zero attached hydrogens (tertiary/aromatic N) is 3. The van der Waals surface area contributed by atoms with Crippen LogP contribution in [0.1, 0.15) is 22.0 Å². The Morgan fingerprint density at radius 3 is 2.92 bits per heavy atom. The zero-order valence-electron chi connectivity index (χ0n) is 13.5. The maximum Gasteiger partial charge on any atom is 0.269 e. The summed E-state index contributed by atoms with van der Waals surface area (Å²) in [6.45, 7) is 2.10. The standard InChI is InChI=1S/C16H18N6O2/c1-10-18-11(8-15(23)19-10)5-6-17-16(24)13-9-12(20-21-13)14-4-3-7-22(14)2/h3-4,7-9H,5-6H2,1-2H3,(H,17,24)(H,20,21)(H,18,19,23). The largest absolute Gasteiger partial charge is 0.350 e. The van der Waals surface area contributed by atoms with Crippen LogP contribution in [-0.4, -0.2) is 37.2 Å². The second-order valence-corrected chi connectivity index (χ2v) is 5.50. The molecular weight excluding hydrogens is 308 g/mol. The number of aromatic amines is 2. The van der Waals surface area contributed by atoms with Gasteiger partial charge in [0.25, 0.3) is 11.5 Å². The van der Waals surface area contributed by atoms with Gasteiger partial charge in [0.15, 0.2) is 0 Å². The fourth-order valence-electron chi connectivity index (χ4n) is 2.47. The molecule has 0 unspecified atom stereocenters. The summed E-state index contributed by atoms with van der Waals surface area (Å²) in [5.74, 6) is 0.314. The highest BCUT2D eigenvalue weighted by molar-refractivity contribution is 5.93. The van der Waals surface area contributed by atoms with Crippen LogP contribution in [0.4, 0.5) is 0 Å². The van der Waals surface area contributed by atoms with Crippen LogP contribution in [0.25, 0.3) is 11.4 Å². The molecule has 0 aliphatic carbocycles. The molecule has 124 valence electrons. The molecule has 0 spiro atoms. The van der Waals surface area contributed by atoms with Crippen LogP contribution < -0.4 is 10.9 Å². The first-order valence-electron chi connectivity index (χ1n) is 7.55. The molecule has 0 atom stereocenters. The van der Waals surface area contributed by atoms with Gasteiger partial charge in [-0.25, -0.2) is 4.98 Å². The Morgan fingerprint density at radius 1 is 1.38 bits per heavy atom. The molecule has 0 aliphatic rings. The van der Waals surface area contributed by atoms with Crippen LogP contribution in [-0.2, 0) is 13.5 Å². The minimum atomic E-state index is -0.246. The molecule has 0 saturated carbocycles. The van der Waals surface area contributed by atoms with Gasteiger partial charge in [-0.1, -0.05) is 0 Å². The van der Waals surface area contributed by atoms with Crippen LogP contribution >= 0.6 is 0 Å². The highest BCUT2D eigenvalue weighted by Gasteiger charge is 2.12. The minimum Gasteiger partial charge on any atom is -0.350 e. The smallest absolute Gasteiger partial charge is 0.269 e. The third-order valence-corrected chi connectivity index (χ3v) is 3.61. The van der Waals surface area contributed by atoms with Gasteiger partial charge in [-0.3, -0.25) is 14.7 Å². The fourth-order valence-corrected chi connectivity index (χ4v) is 2.47. The van der Waals surface area contributed by atoms with E-state index in [1.165, 1.54) is 6.07 Å². The molecule has 0 bridgehead atoms. The number of aryl methyl sites for hydroxylation is 2. The van der Waals surface area contributed by atoms with Gasteiger partial charge in [0.2, 0.25) is 0 Å². The van der Waals surface area contributed by atoms with E-state index >= 15 is 0 Å². The first kappa shape index (κ1) is 15.7. The molecule has 24 heavy (non-hydrogen) atoms. The second kappa shape index (κ2) is 6.53. The number of carbonyl (C=O) groups is 1. The van der Waals surface area contributed by atoms with Crippen molar-refractivity contribution in [3.63, 3.8) is 0 Å². The highest BCUT2D eigenvalue weighted by atomic mass is 16.2. The number of aromatic nitrogens is 5. The van der Waals surface area contributed by atoms with Crippen molar-refractivity contribution in [2.45, 2.75) is 13.3 Å². The molecule has 1 amide bonds. The van der Waals surface area contributed by atoms with E-state index in [0.29, 0.717) is 35.9 Å². The lowest BCUT2D eigenvalue weighted by Gasteiger charge is -2.03. The minimum absolute atomic E-state index is 0.190. The maximum atomic E-state index is 12.2. The van der Waals surface area contributed by atoms with Crippen molar-refractivity contribution in [2.75, 3.05) is 6.54 Å². The van der Waals surface area contributed by atoms with Gasteiger partial charge in [0, 0.05) is 38.0 Å². The Balaban J connectivity index is 1.60. The molecule has 8 nitrogen and oxygen atoms in total. The van der Waals surface area contributed by atoms with E-state index in [9.17, 15) is 9.59 Å². The monoisotopic (exact) mass is 326 g/mol. The summed E-state index contributed by atoms with van der Waals surface area (Å²) in [7, 11) is 1.92. The van der Waals surface area contributed by atoms with E-state index in [1.807, 2.05) is 29.9 Å². The van der Waals surface area contributed by atoms with Gasteiger partial charge in [-0.05, 0) is 25.1 Å². The van der Waals surface area contributed by atoms with Crippen LogP contribution in [0.2, 0.25) is 0 Å². The maximum absolute atomic E-state index is 12.2. The number of hydrogen-bond donors (Lipinski definition) is 3. The first-order chi connectivity index (χ1) is 11.5.